The van der Waals surface area contributed by atoms with Crippen LogP contribution in [0, 0.1) is 3.57 Å². The fourth-order valence-electron chi connectivity index (χ4n) is 1.49. The molecule has 6 nitrogen and oxygen atoms in total. The second-order valence-electron chi connectivity index (χ2n) is 3.90. The van der Waals surface area contributed by atoms with Gasteiger partial charge in [0.15, 0.2) is 0 Å². The van der Waals surface area contributed by atoms with Crippen molar-refractivity contribution in [3.63, 3.8) is 0 Å². The maximum Gasteiger partial charge on any atom is 0.320 e. The Bertz CT molecular complexity index is 616. The van der Waals surface area contributed by atoms with Gasteiger partial charge in [-0.25, -0.2) is 4.68 Å². The number of aromatic nitrogens is 3. The fraction of sp³-hybridized carbons (Fsp3) is 0.182. The summed E-state index contributed by atoms with van der Waals surface area (Å²) in [6.45, 7) is 0. The molecule has 2 rings (SSSR count). The van der Waals surface area contributed by atoms with Gasteiger partial charge in [0.2, 0.25) is 0 Å². The van der Waals surface area contributed by atoms with E-state index in [-0.39, 0.29) is 6.42 Å². The van der Waals surface area contributed by atoms with Gasteiger partial charge < -0.3 is 10.8 Å². The van der Waals surface area contributed by atoms with Gasteiger partial charge in [0.1, 0.15) is 6.04 Å². The highest BCUT2D eigenvalue weighted by molar-refractivity contribution is 14.1. The Kier molecular flexibility index (Phi) is 4.38. The second kappa shape index (κ2) is 5.85. The van der Waals surface area contributed by atoms with Gasteiger partial charge in [-0.15, -0.1) is 5.10 Å². The molecule has 8 heteroatoms. The van der Waals surface area contributed by atoms with Crippen molar-refractivity contribution < 1.29 is 9.90 Å². The molecule has 1 unspecified atom stereocenters. The first-order valence-electron chi connectivity index (χ1n) is 5.32. The zero-order chi connectivity index (χ0) is 14.0. The summed E-state index contributed by atoms with van der Waals surface area (Å²) in [4.78, 5) is 10.7. The van der Waals surface area contributed by atoms with Crippen LogP contribution in [-0.4, -0.2) is 32.1 Å². The van der Waals surface area contributed by atoms with E-state index in [1.165, 1.54) is 0 Å². The predicted octanol–water partition coefficient (Wildman–Crippen LogP) is 1.48. The minimum Gasteiger partial charge on any atom is -0.480 e. The number of hydrogen-bond donors (Lipinski definition) is 2. The standard InChI is InChI=1S/C11H10ClIN4O2/c12-6-1-2-10(8(13)3-6)17-5-7(15-16-17)4-9(14)11(18)19/h1-3,5,9H,4,14H2,(H,18,19). The molecule has 3 N–H and O–H groups in total. The summed E-state index contributed by atoms with van der Waals surface area (Å²) >= 11 is 8.02. The zero-order valence-electron chi connectivity index (χ0n) is 9.62. The van der Waals surface area contributed by atoms with E-state index >= 15 is 0 Å². The lowest BCUT2D eigenvalue weighted by Gasteiger charge is -2.04. The van der Waals surface area contributed by atoms with Crippen molar-refractivity contribution in [3.05, 3.63) is 38.7 Å². The average molecular weight is 393 g/mol. The van der Waals surface area contributed by atoms with E-state index in [1.54, 1.807) is 16.9 Å². The van der Waals surface area contributed by atoms with Crippen LogP contribution in [-0.2, 0) is 11.2 Å². The molecule has 100 valence electrons. The van der Waals surface area contributed by atoms with Gasteiger partial charge in [0.05, 0.1) is 17.6 Å². The van der Waals surface area contributed by atoms with Crippen LogP contribution in [0.5, 0.6) is 0 Å². The molecule has 0 spiro atoms. The fourth-order valence-corrected chi connectivity index (χ4v) is 2.61. The first kappa shape index (κ1) is 14.2. The van der Waals surface area contributed by atoms with Gasteiger partial charge in [-0.3, -0.25) is 4.79 Å². The van der Waals surface area contributed by atoms with Crippen LogP contribution in [0.1, 0.15) is 5.69 Å². The summed E-state index contributed by atoms with van der Waals surface area (Å²) in [6.07, 6.45) is 1.80. The Labute approximate surface area is 127 Å². The number of halogens is 2. The molecule has 2 aromatic rings. The van der Waals surface area contributed by atoms with Crippen molar-refractivity contribution >= 4 is 40.2 Å². The van der Waals surface area contributed by atoms with E-state index in [0.717, 1.165) is 9.26 Å². The Balaban J connectivity index is 2.23. The normalized spacial score (nSPS) is 12.4. The lowest BCUT2D eigenvalue weighted by Crippen LogP contribution is -2.32. The maximum atomic E-state index is 10.7. The molecule has 0 radical (unpaired) electrons. The number of benzene rings is 1. The monoisotopic (exact) mass is 392 g/mol. The third-order valence-electron chi connectivity index (χ3n) is 2.44. The molecule has 0 fully saturated rings. The number of aliphatic carboxylic acids is 1. The van der Waals surface area contributed by atoms with Gasteiger partial charge in [0, 0.05) is 15.0 Å². The number of carboxylic acids is 1. The largest absolute Gasteiger partial charge is 0.480 e. The second-order valence-corrected chi connectivity index (χ2v) is 5.50. The molecule has 1 aromatic heterocycles. The molecule has 0 amide bonds. The zero-order valence-corrected chi connectivity index (χ0v) is 12.5. The Morgan fingerprint density at radius 2 is 2.32 bits per heavy atom. The number of rotatable bonds is 4. The minimum absolute atomic E-state index is 0.138. The van der Waals surface area contributed by atoms with Crippen molar-refractivity contribution in [1.82, 2.24) is 15.0 Å². The van der Waals surface area contributed by atoms with Crippen molar-refractivity contribution in [2.75, 3.05) is 0 Å². The van der Waals surface area contributed by atoms with Gasteiger partial charge in [-0.2, -0.15) is 0 Å². The Hall–Kier alpha value is -1.19. The molecular weight excluding hydrogens is 383 g/mol. The van der Waals surface area contributed by atoms with E-state index in [2.05, 4.69) is 32.9 Å². The van der Waals surface area contributed by atoms with E-state index < -0.39 is 12.0 Å². The molecular formula is C11H10ClIN4O2. The van der Waals surface area contributed by atoms with Gasteiger partial charge in [0.25, 0.3) is 0 Å². The quantitative estimate of drug-likeness (QED) is 0.769. The van der Waals surface area contributed by atoms with Crippen LogP contribution in [0.25, 0.3) is 5.69 Å². The lowest BCUT2D eigenvalue weighted by molar-refractivity contribution is -0.138. The number of nitrogens with zero attached hydrogens (tertiary/aromatic N) is 3. The van der Waals surface area contributed by atoms with Crippen LogP contribution in [0.3, 0.4) is 0 Å². The van der Waals surface area contributed by atoms with Crippen LogP contribution < -0.4 is 5.73 Å². The first-order chi connectivity index (χ1) is 8.97. The van der Waals surface area contributed by atoms with Crippen molar-refractivity contribution in [3.8, 4) is 5.69 Å². The summed E-state index contributed by atoms with van der Waals surface area (Å²) in [6, 6.07) is 4.40. The molecule has 0 saturated heterocycles. The van der Waals surface area contributed by atoms with Crippen molar-refractivity contribution in [2.24, 2.45) is 5.73 Å². The topological polar surface area (TPSA) is 94.0 Å². The Morgan fingerprint density at radius 3 is 2.95 bits per heavy atom. The molecule has 1 heterocycles. The molecule has 19 heavy (non-hydrogen) atoms. The van der Waals surface area contributed by atoms with E-state index in [9.17, 15) is 4.79 Å². The highest BCUT2D eigenvalue weighted by atomic mass is 127. The van der Waals surface area contributed by atoms with Crippen LogP contribution in [0.2, 0.25) is 5.02 Å². The number of hydrogen-bond acceptors (Lipinski definition) is 4. The number of carbonyl (C=O) groups is 1. The third-order valence-corrected chi connectivity index (χ3v) is 3.54. The average Bonchev–Trinajstić information content (AvgIpc) is 2.77. The highest BCUT2D eigenvalue weighted by Gasteiger charge is 2.15. The molecule has 0 saturated carbocycles. The molecule has 0 aliphatic carbocycles. The van der Waals surface area contributed by atoms with Gasteiger partial charge >= 0.3 is 5.97 Å². The number of carboxylic acid groups (broad SMARTS) is 1. The van der Waals surface area contributed by atoms with Crippen LogP contribution in [0.15, 0.2) is 24.4 Å². The summed E-state index contributed by atoms with van der Waals surface area (Å²) in [5.74, 6) is -1.06. The summed E-state index contributed by atoms with van der Waals surface area (Å²) in [5.41, 5.74) is 6.81. The third kappa shape index (κ3) is 3.43. The molecule has 1 aromatic carbocycles. The molecule has 0 bridgehead atoms. The van der Waals surface area contributed by atoms with Crippen molar-refractivity contribution in [1.29, 1.82) is 0 Å². The lowest BCUT2D eigenvalue weighted by atomic mass is 10.2. The molecule has 0 aliphatic rings. The molecule has 1 atom stereocenters. The van der Waals surface area contributed by atoms with Crippen LogP contribution >= 0.6 is 34.2 Å². The highest BCUT2D eigenvalue weighted by Crippen LogP contribution is 2.20. The maximum absolute atomic E-state index is 10.7. The van der Waals surface area contributed by atoms with Gasteiger partial charge in [-0.05, 0) is 40.8 Å². The number of nitrogens with two attached hydrogens (primary N) is 1. The summed E-state index contributed by atoms with van der Waals surface area (Å²) < 4.78 is 2.49. The summed E-state index contributed by atoms with van der Waals surface area (Å²) in [5, 5.41) is 17.3. The van der Waals surface area contributed by atoms with Gasteiger partial charge in [-0.1, -0.05) is 16.8 Å². The smallest absolute Gasteiger partial charge is 0.320 e. The van der Waals surface area contributed by atoms with E-state index in [1.807, 2.05) is 12.1 Å². The van der Waals surface area contributed by atoms with E-state index in [4.69, 9.17) is 22.4 Å². The minimum atomic E-state index is -1.06. The van der Waals surface area contributed by atoms with E-state index in [0.29, 0.717) is 10.7 Å². The predicted molar refractivity (Wildman–Crippen MR) is 78.4 cm³/mol. The van der Waals surface area contributed by atoms with Crippen molar-refractivity contribution in [2.45, 2.75) is 12.5 Å². The summed E-state index contributed by atoms with van der Waals surface area (Å²) in [7, 11) is 0. The molecule has 0 aliphatic heterocycles. The first-order valence-corrected chi connectivity index (χ1v) is 6.78. The van der Waals surface area contributed by atoms with Crippen LogP contribution in [0.4, 0.5) is 0 Å². The Morgan fingerprint density at radius 1 is 1.58 bits per heavy atom. The SMILES string of the molecule is NC(Cc1cn(-c2ccc(Cl)cc2I)nn1)C(=O)O.